The zero-order valence-corrected chi connectivity index (χ0v) is 12.5. The molecule has 1 heteroatoms. The molecule has 0 spiro atoms. The molecule has 2 rings (SSSR count). The van der Waals surface area contributed by atoms with Gasteiger partial charge in [-0.05, 0) is 36.5 Å². The molecule has 0 heterocycles. The summed E-state index contributed by atoms with van der Waals surface area (Å²) in [5.41, 5.74) is 5.19. The lowest BCUT2D eigenvalue weighted by molar-refractivity contribution is 0.902. The van der Waals surface area contributed by atoms with E-state index in [2.05, 4.69) is 62.4 Å². The van der Waals surface area contributed by atoms with E-state index in [1.54, 1.807) is 0 Å². The highest BCUT2D eigenvalue weighted by molar-refractivity contribution is 6.20. The molecule has 0 aliphatic heterocycles. The van der Waals surface area contributed by atoms with Crippen LogP contribution in [0.3, 0.4) is 0 Å². The molecule has 19 heavy (non-hydrogen) atoms. The topological polar surface area (TPSA) is 0 Å². The smallest absolute Gasteiger partial charge is 0.0625 e. The average Bonchev–Trinajstić information content (AvgIpc) is 2.42. The molecule has 0 aliphatic rings. The Bertz CT molecular complexity index is 496. The quantitative estimate of drug-likeness (QED) is 0.633. The van der Waals surface area contributed by atoms with Crippen molar-refractivity contribution in [2.24, 2.45) is 0 Å². The second-order valence-electron chi connectivity index (χ2n) is 5.15. The highest BCUT2D eigenvalue weighted by Gasteiger charge is 2.08. The van der Waals surface area contributed by atoms with Crippen molar-refractivity contribution in [1.82, 2.24) is 0 Å². The van der Waals surface area contributed by atoms with E-state index in [1.807, 2.05) is 0 Å². The van der Waals surface area contributed by atoms with Gasteiger partial charge in [-0.2, -0.15) is 0 Å². The Morgan fingerprint density at radius 1 is 0.895 bits per heavy atom. The number of hydrogen-bond acceptors (Lipinski definition) is 0. The van der Waals surface area contributed by atoms with E-state index in [0.717, 1.165) is 12.8 Å². The summed E-state index contributed by atoms with van der Waals surface area (Å²) in [4.78, 5) is 0. The first-order valence-corrected chi connectivity index (χ1v) is 7.41. The first-order chi connectivity index (χ1) is 9.19. The molecule has 0 aromatic heterocycles. The van der Waals surface area contributed by atoms with Crippen LogP contribution in [0.4, 0.5) is 0 Å². The van der Waals surface area contributed by atoms with Crippen LogP contribution in [0.25, 0.3) is 0 Å². The van der Waals surface area contributed by atoms with Crippen LogP contribution in [0.1, 0.15) is 41.0 Å². The molecule has 2 aromatic rings. The van der Waals surface area contributed by atoms with Crippen molar-refractivity contribution in [2.75, 3.05) is 0 Å². The summed E-state index contributed by atoms with van der Waals surface area (Å²) in [5, 5.41) is 0.0541. The van der Waals surface area contributed by atoms with Gasteiger partial charge in [0.1, 0.15) is 0 Å². The van der Waals surface area contributed by atoms with Gasteiger partial charge in [0.05, 0.1) is 5.38 Å². The summed E-state index contributed by atoms with van der Waals surface area (Å²) in [6.45, 7) is 4.31. The average molecular weight is 273 g/mol. The minimum Gasteiger partial charge on any atom is -0.117 e. The minimum atomic E-state index is 0.0541. The molecule has 0 saturated heterocycles. The Morgan fingerprint density at radius 2 is 1.47 bits per heavy atom. The van der Waals surface area contributed by atoms with Gasteiger partial charge in [0.15, 0.2) is 0 Å². The van der Waals surface area contributed by atoms with Crippen molar-refractivity contribution in [2.45, 2.75) is 38.5 Å². The Morgan fingerprint density at radius 3 is 2.05 bits per heavy atom. The van der Waals surface area contributed by atoms with E-state index >= 15 is 0 Å². The van der Waals surface area contributed by atoms with Crippen LogP contribution in [0.2, 0.25) is 0 Å². The third kappa shape index (κ3) is 4.11. The van der Waals surface area contributed by atoms with Crippen molar-refractivity contribution in [3.63, 3.8) is 0 Å². The first kappa shape index (κ1) is 14.1. The summed E-state index contributed by atoms with van der Waals surface area (Å²) in [5.74, 6) is 0. The molecular weight excluding hydrogens is 252 g/mol. The number of halogens is 1. The highest BCUT2D eigenvalue weighted by atomic mass is 35.5. The molecule has 0 saturated carbocycles. The SMILES string of the molecule is CCCc1ccc(C(Cl)Cc2ccc(C)cc2)cc1. The lowest BCUT2D eigenvalue weighted by atomic mass is 10.0. The predicted molar refractivity (Wildman–Crippen MR) is 83.9 cm³/mol. The summed E-state index contributed by atoms with van der Waals surface area (Å²) >= 11 is 6.51. The Labute approximate surface area is 121 Å². The van der Waals surface area contributed by atoms with Crippen LogP contribution in [-0.4, -0.2) is 0 Å². The summed E-state index contributed by atoms with van der Waals surface area (Å²) in [7, 11) is 0. The summed E-state index contributed by atoms with van der Waals surface area (Å²) in [6.07, 6.45) is 3.22. The number of benzene rings is 2. The van der Waals surface area contributed by atoms with Gasteiger partial charge >= 0.3 is 0 Å². The highest BCUT2D eigenvalue weighted by Crippen LogP contribution is 2.25. The van der Waals surface area contributed by atoms with Crippen molar-refractivity contribution in [1.29, 1.82) is 0 Å². The standard InChI is InChI=1S/C18H21Cl/c1-3-4-15-9-11-17(12-10-15)18(19)13-16-7-5-14(2)6-8-16/h5-12,18H,3-4,13H2,1-2H3. The van der Waals surface area contributed by atoms with Crippen LogP contribution >= 0.6 is 11.6 Å². The van der Waals surface area contributed by atoms with Crippen LogP contribution in [-0.2, 0) is 12.8 Å². The van der Waals surface area contributed by atoms with E-state index in [9.17, 15) is 0 Å². The second kappa shape index (κ2) is 6.77. The van der Waals surface area contributed by atoms with E-state index in [4.69, 9.17) is 11.6 Å². The molecule has 0 radical (unpaired) electrons. The minimum absolute atomic E-state index is 0.0541. The fraction of sp³-hybridized carbons (Fsp3) is 0.333. The van der Waals surface area contributed by atoms with Crippen LogP contribution in [0.5, 0.6) is 0 Å². The largest absolute Gasteiger partial charge is 0.117 e. The maximum absolute atomic E-state index is 6.51. The predicted octanol–water partition coefficient (Wildman–Crippen LogP) is 5.47. The summed E-state index contributed by atoms with van der Waals surface area (Å²) in [6, 6.07) is 17.3. The van der Waals surface area contributed by atoms with Gasteiger partial charge in [-0.15, -0.1) is 11.6 Å². The van der Waals surface area contributed by atoms with E-state index in [0.29, 0.717) is 0 Å². The van der Waals surface area contributed by atoms with Crippen molar-refractivity contribution in [3.05, 3.63) is 70.8 Å². The normalized spacial score (nSPS) is 12.4. The second-order valence-corrected chi connectivity index (χ2v) is 5.68. The monoisotopic (exact) mass is 272 g/mol. The van der Waals surface area contributed by atoms with E-state index in [1.165, 1.54) is 28.7 Å². The van der Waals surface area contributed by atoms with Crippen molar-refractivity contribution in [3.8, 4) is 0 Å². The number of aryl methyl sites for hydroxylation is 2. The van der Waals surface area contributed by atoms with Gasteiger partial charge in [0.25, 0.3) is 0 Å². The zero-order chi connectivity index (χ0) is 13.7. The summed E-state index contributed by atoms with van der Waals surface area (Å²) < 4.78 is 0. The molecule has 0 nitrogen and oxygen atoms in total. The van der Waals surface area contributed by atoms with Gasteiger partial charge in [0, 0.05) is 0 Å². The molecule has 1 atom stereocenters. The van der Waals surface area contributed by atoms with Crippen LogP contribution in [0.15, 0.2) is 48.5 Å². The Balaban J connectivity index is 2.02. The van der Waals surface area contributed by atoms with E-state index < -0.39 is 0 Å². The third-order valence-corrected chi connectivity index (χ3v) is 3.82. The molecular formula is C18H21Cl. The molecule has 1 unspecified atom stereocenters. The molecule has 0 aliphatic carbocycles. The van der Waals surface area contributed by atoms with Gasteiger partial charge in [-0.1, -0.05) is 67.4 Å². The fourth-order valence-electron chi connectivity index (χ4n) is 2.23. The Hall–Kier alpha value is -1.27. The molecule has 0 N–H and O–H groups in total. The Kier molecular flexibility index (Phi) is 5.04. The number of alkyl halides is 1. The van der Waals surface area contributed by atoms with Gasteiger partial charge < -0.3 is 0 Å². The van der Waals surface area contributed by atoms with Gasteiger partial charge in [-0.25, -0.2) is 0 Å². The zero-order valence-electron chi connectivity index (χ0n) is 11.7. The van der Waals surface area contributed by atoms with Crippen molar-refractivity contribution < 1.29 is 0 Å². The lowest BCUT2D eigenvalue weighted by Gasteiger charge is -2.11. The molecule has 0 amide bonds. The number of hydrogen-bond donors (Lipinski definition) is 0. The molecule has 2 aromatic carbocycles. The van der Waals surface area contributed by atoms with Crippen LogP contribution < -0.4 is 0 Å². The first-order valence-electron chi connectivity index (χ1n) is 6.97. The maximum atomic E-state index is 6.51. The molecule has 0 bridgehead atoms. The molecule has 100 valence electrons. The lowest BCUT2D eigenvalue weighted by Crippen LogP contribution is -1.96. The number of rotatable bonds is 5. The van der Waals surface area contributed by atoms with Crippen molar-refractivity contribution >= 4 is 11.6 Å². The van der Waals surface area contributed by atoms with Gasteiger partial charge in [0.2, 0.25) is 0 Å². The van der Waals surface area contributed by atoms with Gasteiger partial charge in [-0.3, -0.25) is 0 Å². The fourth-order valence-corrected chi connectivity index (χ4v) is 2.55. The maximum Gasteiger partial charge on any atom is 0.0625 e. The molecule has 0 fully saturated rings. The van der Waals surface area contributed by atoms with Crippen LogP contribution in [0, 0.1) is 6.92 Å². The van der Waals surface area contributed by atoms with E-state index in [-0.39, 0.29) is 5.38 Å². The third-order valence-electron chi connectivity index (χ3n) is 3.42.